The van der Waals surface area contributed by atoms with Crippen LogP contribution in [0.3, 0.4) is 0 Å². The van der Waals surface area contributed by atoms with Crippen LogP contribution in [0.25, 0.3) is 10.9 Å². The van der Waals surface area contributed by atoms with Gasteiger partial charge in [-0.1, -0.05) is 43.5 Å². The summed E-state index contributed by atoms with van der Waals surface area (Å²) in [5.74, 6) is 0.936. The van der Waals surface area contributed by atoms with E-state index in [2.05, 4.69) is 10.3 Å². The Bertz CT molecular complexity index is 1280. The minimum atomic E-state index is -0.828. The van der Waals surface area contributed by atoms with Crippen molar-refractivity contribution in [2.75, 3.05) is 0 Å². The van der Waals surface area contributed by atoms with Crippen LogP contribution in [0.2, 0.25) is 0 Å². The normalized spacial score (nSPS) is 15.2. The molecule has 6 nitrogen and oxygen atoms in total. The van der Waals surface area contributed by atoms with Crippen molar-refractivity contribution in [2.45, 2.75) is 64.1 Å². The summed E-state index contributed by atoms with van der Waals surface area (Å²) in [6.07, 6.45) is 7.48. The van der Waals surface area contributed by atoms with Gasteiger partial charge < -0.3 is 19.6 Å². The molecule has 0 aliphatic heterocycles. The lowest BCUT2D eigenvalue weighted by molar-refractivity contribution is -0.142. The predicted octanol–water partition coefficient (Wildman–Crippen LogP) is 5.89. The summed E-state index contributed by atoms with van der Waals surface area (Å²) < 4.78 is 5.95. The van der Waals surface area contributed by atoms with E-state index in [4.69, 9.17) is 4.42 Å². The Hall–Kier alpha value is -3.32. The van der Waals surface area contributed by atoms with Crippen LogP contribution in [0.15, 0.2) is 64.5 Å². The minimum Gasteiger partial charge on any atom is -0.464 e. The summed E-state index contributed by atoms with van der Waals surface area (Å²) in [6, 6.07) is 14.9. The highest BCUT2D eigenvalue weighted by Gasteiger charge is 2.35. The Balaban J connectivity index is 1.48. The predicted molar refractivity (Wildman–Crippen MR) is 138 cm³/mol. The van der Waals surface area contributed by atoms with Crippen molar-refractivity contribution in [2.24, 2.45) is 0 Å². The molecule has 35 heavy (non-hydrogen) atoms. The first-order valence-electron chi connectivity index (χ1n) is 12.3. The maximum atomic E-state index is 13.9. The Morgan fingerprint density at radius 2 is 1.94 bits per heavy atom. The third kappa shape index (κ3) is 5.35. The van der Waals surface area contributed by atoms with Gasteiger partial charge in [-0.05, 0) is 55.0 Å². The van der Waals surface area contributed by atoms with Crippen LogP contribution >= 0.6 is 11.3 Å². The Kier molecular flexibility index (Phi) is 7.04. The number of nitrogens with zero attached hydrogens (tertiary/aromatic N) is 1. The number of aryl methyl sites for hydroxylation is 1. The number of nitrogens with one attached hydrogen (secondary N) is 2. The van der Waals surface area contributed by atoms with Crippen molar-refractivity contribution in [3.63, 3.8) is 0 Å². The number of rotatable bonds is 8. The lowest BCUT2D eigenvalue weighted by Crippen LogP contribution is -2.47. The van der Waals surface area contributed by atoms with E-state index < -0.39 is 6.04 Å². The second-order valence-electron chi connectivity index (χ2n) is 9.33. The maximum Gasteiger partial charge on any atom is 0.250 e. The molecule has 3 aromatic heterocycles. The standard InChI is InChI=1S/C28H31N3O3S/c1-19-13-14-25(34-19)27(28(33)30-21-8-3-2-4-9-21)31(18-22-10-7-15-35-22)26(32)16-20-17-29-24-12-6-5-11-23(20)24/h5-7,10-15,17,21,27,29H,2-4,8-9,16,18H2,1H3,(H,30,33)/t27-/m0/s1. The van der Waals surface area contributed by atoms with Gasteiger partial charge >= 0.3 is 0 Å². The van der Waals surface area contributed by atoms with E-state index in [9.17, 15) is 9.59 Å². The number of thiophene rings is 1. The van der Waals surface area contributed by atoms with E-state index >= 15 is 0 Å². The molecule has 1 aliphatic carbocycles. The van der Waals surface area contributed by atoms with Crippen molar-refractivity contribution in [1.29, 1.82) is 0 Å². The van der Waals surface area contributed by atoms with Gasteiger partial charge in [0.2, 0.25) is 5.91 Å². The van der Waals surface area contributed by atoms with Gasteiger partial charge in [0.15, 0.2) is 6.04 Å². The van der Waals surface area contributed by atoms with Crippen LogP contribution in [0.1, 0.15) is 60.1 Å². The van der Waals surface area contributed by atoms with Crippen molar-refractivity contribution in [3.05, 3.63) is 82.1 Å². The lowest BCUT2D eigenvalue weighted by atomic mass is 9.95. The van der Waals surface area contributed by atoms with E-state index in [0.717, 1.165) is 52.8 Å². The van der Waals surface area contributed by atoms with Gasteiger partial charge in [-0.25, -0.2) is 0 Å². The minimum absolute atomic E-state index is 0.110. The summed E-state index contributed by atoms with van der Waals surface area (Å²) in [5.41, 5.74) is 1.91. The number of aromatic nitrogens is 1. The number of furan rings is 1. The topological polar surface area (TPSA) is 78.3 Å². The largest absolute Gasteiger partial charge is 0.464 e. The number of para-hydroxylation sites is 1. The molecule has 7 heteroatoms. The fourth-order valence-corrected chi connectivity index (χ4v) is 5.69. The molecule has 2 amide bonds. The van der Waals surface area contributed by atoms with E-state index in [-0.39, 0.29) is 24.3 Å². The number of hydrogen-bond acceptors (Lipinski definition) is 4. The van der Waals surface area contributed by atoms with E-state index in [1.807, 2.05) is 67.0 Å². The average Bonchev–Trinajstić information content (AvgIpc) is 3.62. The molecule has 0 bridgehead atoms. The van der Waals surface area contributed by atoms with E-state index in [0.29, 0.717) is 12.3 Å². The third-order valence-electron chi connectivity index (χ3n) is 6.79. The molecule has 1 fully saturated rings. The third-order valence-corrected chi connectivity index (χ3v) is 7.65. The van der Waals surface area contributed by atoms with Gasteiger partial charge in [0.1, 0.15) is 11.5 Å². The molecule has 1 atom stereocenters. The second kappa shape index (κ2) is 10.5. The summed E-state index contributed by atoms with van der Waals surface area (Å²) in [5, 5.41) is 6.25. The fourth-order valence-electron chi connectivity index (χ4n) is 4.99. The first-order valence-corrected chi connectivity index (χ1v) is 13.2. The number of carbonyl (C=O) groups is 2. The molecule has 1 saturated carbocycles. The zero-order chi connectivity index (χ0) is 24.2. The molecule has 0 saturated heterocycles. The number of carbonyl (C=O) groups excluding carboxylic acids is 2. The Morgan fingerprint density at radius 1 is 1.11 bits per heavy atom. The lowest BCUT2D eigenvalue weighted by Gasteiger charge is -2.32. The number of aromatic amines is 1. The fraction of sp³-hybridized carbons (Fsp3) is 0.357. The molecule has 2 N–H and O–H groups in total. The smallest absolute Gasteiger partial charge is 0.250 e. The van der Waals surface area contributed by atoms with Gasteiger partial charge in [0.05, 0.1) is 13.0 Å². The molecule has 0 spiro atoms. The molecule has 1 aliphatic rings. The number of amides is 2. The highest BCUT2D eigenvalue weighted by Crippen LogP contribution is 2.29. The zero-order valence-electron chi connectivity index (χ0n) is 20.0. The second-order valence-corrected chi connectivity index (χ2v) is 10.4. The number of H-pyrrole nitrogens is 1. The molecule has 0 radical (unpaired) electrons. The van der Waals surface area contributed by atoms with Crippen molar-refractivity contribution >= 4 is 34.1 Å². The van der Waals surface area contributed by atoms with Gasteiger partial charge in [-0.3, -0.25) is 9.59 Å². The quantitative estimate of drug-likeness (QED) is 0.324. The Morgan fingerprint density at radius 3 is 2.69 bits per heavy atom. The van der Waals surface area contributed by atoms with E-state index in [1.165, 1.54) is 6.42 Å². The highest BCUT2D eigenvalue weighted by molar-refractivity contribution is 7.09. The van der Waals surface area contributed by atoms with Gasteiger partial charge in [-0.2, -0.15) is 0 Å². The van der Waals surface area contributed by atoms with Crippen molar-refractivity contribution in [3.8, 4) is 0 Å². The summed E-state index contributed by atoms with van der Waals surface area (Å²) in [6.45, 7) is 2.21. The van der Waals surface area contributed by atoms with Crippen LogP contribution in [-0.2, 0) is 22.6 Å². The molecular formula is C28H31N3O3S. The van der Waals surface area contributed by atoms with Crippen LogP contribution in [0.4, 0.5) is 0 Å². The molecule has 3 heterocycles. The molecule has 4 aromatic rings. The average molecular weight is 490 g/mol. The first-order chi connectivity index (χ1) is 17.1. The number of benzene rings is 1. The molecular weight excluding hydrogens is 458 g/mol. The highest BCUT2D eigenvalue weighted by atomic mass is 32.1. The van der Waals surface area contributed by atoms with Crippen molar-refractivity contribution in [1.82, 2.24) is 15.2 Å². The molecule has 1 aromatic carbocycles. The van der Waals surface area contributed by atoms with Crippen LogP contribution in [0, 0.1) is 6.92 Å². The first kappa shape index (κ1) is 23.4. The number of hydrogen-bond donors (Lipinski definition) is 2. The van der Waals surface area contributed by atoms with Gasteiger partial charge in [-0.15, -0.1) is 11.3 Å². The van der Waals surface area contributed by atoms with Gasteiger partial charge in [0, 0.05) is 28.0 Å². The molecule has 5 rings (SSSR count). The van der Waals surface area contributed by atoms with Crippen LogP contribution in [0.5, 0.6) is 0 Å². The molecule has 182 valence electrons. The maximum absolute atomic E-state index is 13.9. The molecule has 0 unspecified atom stereocenters. The van der Waals surface area contributed by atoms with Gasteiger partial charge in [0.25, 0.3) is 5.91 Å². The SMILES string of the molecule is Cc1ccc([C@@H](C(=O)NC2CCCCC2)N(Cc2cccs2)C(=O)Cc2c[nH]c3ccccc23)o1. The number of fused-ring (bicyclic) bond motifs is 1. The van der Waals surface area contributed by atoms with E-state index in [1.54, 1.807) is 16.2 Å². The van der Waals surface area contributed by atoms with Crippen molar-refractivity contribution < 1.29 is 14.0 Å². The monoisotopic (exact) mass is 489 g/mol. The Labute approximate surface area is 209 Å². The summed E-state index contributed by atoms with van der Waals surface area (Å²) in [4.78, 5) is 33.6. The van der Waals surface area contributed by atoms with Crippen LogP contribution < -0.4 is 5.32 Å². The summed E-state index contributed by atoms with van der Waals surface area (Å²) in [7, 11) is 0. The zero-order valence-corrected chi connectivity index (χ0v) is 20.8. The summed E-state index contributed by atoms with van der Waals surface area (Å²) >= 11 is 1.58. The van der Waals surface area contributed by atoms with Crippen LogP contribution in [-0.4, -0.2) is 27.7 Å².